The van der Waals surface area contributed by atoms with Crippen LogP contribution in [0.1, 0.15) is 10.4 Å². The van der Waals surface area contributed by atoms with Crippen LogP contribution in [0.4, 0.5) is 0 Å². The van der Waals surface area contributed by atoms with Crippen molar-refractivity contribution in [2.45, 2.75) is 4.90 Å². The van der Waals surface area contributed by atoms with Crippen molar-refractivity contribution >= 4 is 26.9 Å². The van der Waals surface area contributed by atoms with Gasteiger partial charge in [0, 0.05) is 5.39 Å². The summed E-state index contributed by atoms with van der Waals surface area (Å²) in [6, 6.07) is 7.08. The van der Waals surface area contributed by atoms with E-state index in [0.29, 0.717) is 5.39 Å². The van der Waals surface area contributed by atoms with Crippen LogP contribution in [0.3, 0.4) is 0 Å². The van der Waals surface area contributed by atoms with Crippen molar-refractivity contribution in [1.29, 1.82) is 0 Å². The SMILES string of the molecule is O=C(O)c1cc2ccccc2c(S(=O)(=O)O)c1O.[K+]. The van der Waals surface area contributed by atoms with Crippen LogP contribution in [-0.4, -0.2) is 29.2 Å². The quantitative estimate of drug-likeness (QED) is 0.459. The number of carboxylic acid groups (broad SMARTS) is 1. The van der Waals surface area contributed by atoms with E-state index in [1.165, 1.54) is 18.2 Å². The van der Waals surface area contributed by atoms with Crippen LogP contribution in [0, 0.1) is 0 Å². The molecule has 19 heavy (non-hydrogen) atoms. The Bertz CT molecular complexity index is 753. The van der Waals surface area contributed by atoms with Crippen LogP contribution in [0.15, 0.2) is 35.2 Å². The number of carbonyl (C=O) groups is 1. The number of aromatic hydroxyl groups is 1. The summed E-state index contributed by atoms with van der Waals surface area (Å²) in [5.74, 6) is -2.45. The van der Waals surface area contributed by atoms with E-state index in [2.05, 4.69) is 0 Å². The summed E-state index contributed by atoms with van der Waals surface area (Å²) in [6.07, 6.45) is 0. The number of fused-ring (bicyclic) bond motifs is 1. The number of phenols is 1. The van der Waals surface area contributed by atoms with Gasteiger partial charge in [0.05, 0.1) is 0 Å². The van der Waals surface area contributed by atoms with Crippen LogP contribution in [-0.2, 0) is 10.1 Å². The van der Waals surface area contributed by atoms with Crippen molar-refractivity contribution in [3.8, 4) is 5.75 Å². The van der Waals surface area contributed by atoms with Gasteiger partial charge >= 0.3 is 57.4 Å². The van der Waals surface area contributed by atoms with Gasteiger partial charge < -0.3 is 10.2 Å². The van der Waals surface area contributed by atoms with Crippen LogP contribution < -0.4 is 51.4 Å². The fourth-order valence-electron chi connectivity index (χ4n) is 1.73. The number of rotatable bonds is 2. The molecule has 0 aliphatic rings. The van der Waals surface area contributed by atoms with E-state index in [-0.39, 0.29) is 56.8 Å². The number of aromatic carboxylic acids is 1. The maximum absolute atomic E-state index is 11.2. The average molecular weight is 307 g/mol. The topological polar surface area (TPSA) is 112 Å². The zero-order valence-electron chi connectivity index (χ0n) is 9.86. The number of hydrogen-bond donors (Lipinski definition) is 3. The van der Waals surface area contributed by atoms with Gasteiger partial charge in [0.25, 0.3) is 10.1 Å². The van der Waals surface area contributed by atoms with E-state index >= 15 is 0 Å². The standard InChI is InChI=1S/C11H8O6S.K/c12-9-8(11(13)14)5-6-3-1-2-4-7(6)10(9)18(15,16)17;/h1-5,12H,(H,13,14)(H,15,16,17);/q;+1. The zero-order valence-corrected chi connectivity index (χ0v) is 13.8. The third-order valence-corrected chi connectivity index (χ3v) is 3.39. The third-order valence-electron chi connectivity index (χ3n) is 2.46. The van der Waals surface area contributed by atoms with Crippen LogP contribution in [0.5, 0.6) is 5.75 Å². The molecule has 0 aliphatic heterocycles. The van der Waals surface area contributed by atoms with E-state index in [4.69, 9.17) is 9.66 Å². The molecule has 6 nitrogen and oxygen atoms in total. The molecule has 3 N–H and O–H groups in total. The van der Waals surface area contributed by atoms with Gasteiger partial charge in [0.15, 0.2) is 5.75 Å². The molecule has 0 heterocycles. The summed E-state index contributed by atoms with van der Waals surface area (Å²) in [6.45, 7) is 0. The summed E-state index contributed by atoms with van der Waals surface area (Å²) in [5.41, 5.74) is -0.582. The Morgan fingerprint density at radius 1 is 1.16 bits per heavy atom. The van der Waals surface area contributed by atoms with Crippen molar-refractivity contribution in [2.75, 3.05) is 0 Å². The Morgan fingerprint density at radius 2 is 1.74 bits per heavy atom. The van der Waals surface area contributed by atoms with Gasteiger partial charge in [0.1, 0.15) is 10.5 Å². The Balaban J connectivity index is 0.00000180. The number of hydrogen-bond acceptors (Lipinski definition) is 4. The van der Waals surface area contributed by atoms with Crippen molar-refractivity contribution in [1.82, 2.24) is 0 Å². The van der Waals surface area contributed by atoms with Gasteiger partial charge in [-0.15, -0.1) is 0 Å². The van der Waals surface area contributed by atoms with Crippen LogP contribution in [0.25, 0.3) is 10.8 Å². The summed E-state index contributed by atoms with van der Waals surface area (Å²) in [5, 5.41) is 18.9. The maximum Gasteiger partial charge on any atom is 1.00 e. The van der Waals surface area contributed by atoms with Gasteiger partial charge in [-0.1, -0.05) is 24.3 Å². The van der Waals surface area contributed by atoms with Crippen LogP contribution in [0.2, 0.25) is 0 Å². The second kappa shape index (κ2) is 5.88. The largest absolute Gasteiger partial charge is 1.00 e. The van der Waals surface area contributed by atoms with Gasteiger partial charge in [-0.3, -0.25) is 4.55 Å². The van der Waals surface area contributed by atoms with Crippen molar-refractivity contribution in [3.63, 3.8) is 0 Å². The first-order chi connectivity index (χ1) is 8.32. The third kappa shape index (κ3) is 3.16. The molecule has 0 bridgehead atoms. The molecular formula is C11H8KO6S+. The minimum atomic E-state index is -4.73. The monoisotopic (exact) mass is 307 g/mol. The van der Waals surface area contributed by atoms with E-state index in [1.54, 1.807) is 6.07 Å². The van der Waals surface area contributed by atoms with Crippen molar-refractivity contribution < 1.29 is 79.4 Å². The fourth-order valence-corrected chi connectivity index (χ4v) is 2.55. The molecule has 8 heteroatoms. The molecule has 0 fully saturated rings. The molecule has 94 valence electrons. The number of carboxylic acids is 1. The zero-order chi connectivity index (χ0) is 13.5. The average Bonchev–Trinajstić information content (AvgIpc) is 2.25. The van der Waals surface area contributed by atoms with Gasteiger partial charge in [-0.25, -0.2) is 4.79 Å². The fraction of sp³-hybridized carbons (Fsp3) is 0. The predicted molar refractivity (Wildman–Crippen MR) is 62.4 cm³/mol. The Hall–Kier alpha value is -0.484. The summed E-state index contributed by atoms with van der Waals surface area (Å²) >= 11 is 0. The second-order valence-corrected chi connectivity index (χ2v) is 4.96. The number of benzene rings is 2. The van der Waals surface area contributed by atoms with E-state index in [0.717, 1.165) is 6.07 Å². The molecule has 2 aromatic carbocycles. The maximum atomic E-state index is 11.2. The molecular weight excluding hydrogens is 299 g/mol. The second-order valence-electron chi connectivity index (χ2n) is 3.60. The summed E-state index contributed by atoms with van der Waals surface area (Å²) in [4.78, 5) is 10.1. The minimum absolute atomic E-state index is 0. The molecule has 0 atom stereocenters. The van der Waals surface area contributed by atoms with Gasteiger partial charge in [0.2, 0.25) is 0 Å². The minimum Gasteiger partial charge on any atom is -0.506 e. The first kappa shape index (κ1) is 16.6. The van der Waals surface area contributed by atoms with Gasteiger partial charge in [-0.05, 0) is 11.5 Å². The molecule has 0 saturated carbocycles. The van der Waals surface area contributed by atoms with E-state index in [9.17, 15) is 18.3 Å². The first-order valence-corrected chi connectivity index (χ1v) is 6.22. The molecule has 0 radical (unpaired) electrons. The Labute approximate surface area is 151 Å². The smallest absolute Gasteiger partial charge is 0.506 e. The van der Waals surface area contributed by atoms with E-state index in [1.807, 2.05) is 0 Å². The molecule has 0 aliphatic carbocycles. The van der Waals surface area contributed by atoms with Crippen molar-refractivity contribution in [3.05, 3.63) is 35.9 Å². The molecule has 0 spiro atoms. The summed E-state index contributed by atoms with van der Waals surface area (Å²) in [7, 11) is -4.73. The van der Waals surface area contributed by atoms with Gasteiger partial charge in [-0.2, -0.15) is 8.42 Å². The normalized spacial score (nSPS) is 11.0. The van der Waals surface area contributed by atoms with E-state index < -0.39 is 32.3 Å². The van der Waals surface area contributed by atoms with Crippen molar-refractivity contribution in [2.24, 2.45) is 0 Å². The molecule has 0 amide bonds. The van der Waals surface area contributed by atoms with Crippen LogP contribution >= 0.6 is 0 Å². The Kier molecular flexibility index (Phi) is 5.12. The molecule has 2 aromatic rings. The predicted octanol–water partition coefficient (Wildman–Crippen LogP) is -1.51. The molecule has 0 saturated heterocycles. The molecule has 2 rings (SSSR count). The first-order valence-electron chi connectivity index (χ1n) is 4.78. The molecule has 0 aromatic heterocycles. The Morgan fingerprint density at radius 3 is 2.26 bits per heavy atom. The molecule has 0 unspecified atom stereocenters. The summed E-state index contributed by atoms with van der Waals surface area (Å²) < 4.78 is 31.6.